The van der Waals surface area contributed by atoms with Crippen molar-refractivity contribution >= 4 is 5.71 Å². The van der Waals surface area contributed by atoms with Crippen LogP contribution in [0.15, 0.2) is 5.16 Å². The van der Waals surface area contributed by atoms with Gasteiger partial charge in [0, 0.05) is 13.1 Å². The van der Waals surface area contributed by atoms with E-state index in [-0.39, 0.29) is 0 Å². The third kappa shape index (κ3) is 1.68. The number of rotatable bonds is 0. The molecule has 1 rings (SSSR count). The lowest BCUT2D eigenvalue weighted by molar-refractivity contribution is 0.189. The van der Waals surface area contributed by atoms with Crippen molar-refractivity contribution in [2.75, 3.05) is 33.9 Å². The van der Waals surface area contributed by atoms with Gasteiger partial charge in [0.15, 0.2) is 0 Å². The van der Waals surface area contributed by atoms with E-state index in [0.29, 0.717) is 0 Å². The molecule has 0 aromatic rings. The van der Waals surface area contributed by atoms with E-state index < -0.39 is 0 Å². The van der Waals surface area contributed by atoms with Crippen LogP contribution in [0.5, 0.6) is 0 Å². The van der Waals surface area contributed by atoms with Crippen LogP contribution in [0.2, 0.25) is 0 Å². The topological polar surface area (TPSA) is 39.1 Å². The predicted molar refractivity (Wildman–Crippen MR) is 39.3 cm³/mol. The molecule has 4 heteroatoms. The molecule has 0 saturated carbocycles. The van der Waals surface area contributed by atoms with E-state index in [9.17, 15) is 0 Å². The molecule has 0 amide bonds. The first kappa shape index (κ1) is 7.50. The van der Waals surface area contributed by atoms with Crippen LogP contribution in [0.3, 0.4) is 0 Å². The largest absolute Gasteiger partial charge is 0.411 e. The maximum absolute atomic E-state index is 8.46. The molecule has 1 aliphatic heterocycles. The van der Waals surface area contributed by atoms with Crippen molar-refractivity contribution in [1.82, 2.24) is 9.80 Å². The molecular formula is C6H13N3O. The highest BCUT2D eigenvalue weighted by molar-refractivity contribution is 5.88. The van der Waals surface area contributed by atoms with Crippen LogP contribution in [0, 0.1) is 0 Å². The van der Waals surface area contributed by atoms with E-state index in [2.05, 4.69) is 15.0 Å². The fourth-order valence-corrected chi connectivity index (χ4v) is 1.25. The fourth-order valence-electron chi connectivity index (χ4n) is 1.25. The molecule has 0 spiro atoms. The Morgan fingerprint density at radius 2 is 1.80 bits per heavy atom. The molecule has 0 aromatic carbocycles. The van der Waals surface area contributed by atoms with Gasteiger partial charge in [0.05, 0.1) is 12.4 Å². The van der Waals surface area contributed by atoms with Crippen molar-refractivity contribution in [1.29, 1.82) is 0 Å². The Labute approximate surface area is 60.7 Å². The van der Waals surface area contributed by atoms with E-state index in [0.717, 1.165) is 25.5 Å². The van der Waals surface area contributed by atoms with Gasteiger partial charge in [-0.25, -0.2) is 0 Å². The van der Waals surface area contributed by atoms with E-state index in [1.807, 2.05) is 14.1 Å². The third-order valence-electron chi connectivity index (χ3n) is 1.53. The van der Waals surface area contributed by atoms with Gasteiger partial charge in [0.25, 0.3) is 0 Å². The number of hydrogen-bond donors (Lipinski definition) is 1. The van der Waals surface area contributed by atoms with Crippen molar-refractivity contribution in [3.05, 3.63) is 0 Å². The molecule has 0 aliphatic carbocycles. The summed E-state index contributed by atoms with van der Waals surface area (Å²) in [4.78, 5) is 4.19. The zero-order valence-corrected chi connectivity index (χ0v) is 6.41. The van der Waals surface area contributed by atoms with Gasteiger partial charge in [-0.1, -0.05) is 5.16 Å². The summed E-state index contributed by atoms with van der Waals surface area (Å²) < 4.78 is 0. The van der Waals surface area contributed by atoms with Gasteiger partial charge in [-0.3, -0.25) is 9.80 Å². The highest BCUT2D eigenvalue weighted by Gasteiger charge is 2.15. The van der Waals surface area contributed by atoms with Crippen molar-refractivity contribution < 1.29 is 5.21 Å². The Morgan fingerprint density at radius 3 is 2.20 bits per heavy atom. The molecule has 10 heavy (non-hydrogen) atoms. The van der Waals surface area contributed by atoms with Crippen molar-refractivity contribution in [2.24, 2.45) is 5.16 Å². The van der Waals surface area contributed by atoms with Gasteiger partial charge in [-0.05, 0) is 14.1 Å². The van der Waals surface area contributed by atoms with E-state index >= 15 is 0 Å². The maximum atomic E-state index is 8.46. The Hall–Kier alpha value is -0.610. The lowest BCUT2D eigenvalue weighted by Crippen LogP contribution is -2.46. The van der Waals surface area contributed by atoms with Crippen LogP contribution >= 0.6 is 0 Å². The molecule has 0 atom stereocenters. The Morgan fingerprint density at radius 1 is 1.30 bits per heavy atom. The Balaban J connectivity index is 2.51. The summed E-state index contributed by atoms with van der Waals surface area (Å²) in [7, 11) is 4.00. The first-order valence-corrected chi connectivity index (χ1v) is 3.29. The van der Waals surface area contributed by atoms with Gasteiger partial charge in [0.2, 0.25) is 0 Å². The summed E-state index contributed by atoms with van der Waals surface area (Å²) in [6.45, 7) is 2.50. The fraction of sp³-hybridized carbons (Fsp3) is 0.833. The van der Waals surface area contributed by atoms with E-state index in [4.69, 9.17) is 5.21 Å². The Kier molecular flexibility index (Phi) is 2.24. The lowest BCUT2D eigenvalue weighted by atomic mass is 10.3. The van der Waals surface area contributed by atoms with Gasteiger partial charge >= 0.3 is 0 Å². The van der Waals surface area contributed by atoms with Crippen LogP contribution in [0.4, 0.5) is 0 Å². The van der Waals surface area contributed by atoms with E-state index in [1.54, 1.807) is 0 Å². The minimum absolute atomic E-state index is 0.779. The average molecular weight is 143 g/mol. The maximum Gasteiger partial charge on any atom is 0.0851 e. The summed E-state index contributed by atoms with van der Waals surface area (Å²) in [5.74, 6) is 0. The zero-order chi connectivity index (χ0) is 7.56. The SMILES string of the molecule is CN1CC(=NO)CN(C)C1. The summed E-state index contributed by atoms with van der Waals surface area (Å²) in [6, 6.07) is 0. The van der Waals surface area contributed by atoms with Crippen molar-refractivity contribution in [3.8, 4) is 0 Å². The van der Waals surface area contributed by atoms with Crippen LogP contribution < -0.4 is 0 Å². The second-order valence-corrected chi connectivity index (χ2v) is 2.84. The number of nitrogens with zero attached hydrogens (tertiary/aromatic N) is 3. The normalized spacial score (nSPS) is 23.2. The molecule has 0 radical (unpaired) electrons. The molecule has 0 aromatic heterocycles. The highest BCUT2D eigenvalue weighted by Crippen LogP contribution is 1.97. The smallest absolute Gasteiger partial charge is 0.0851 e. The molecule has 1 saturated heterocycles. The van der Waals surface area contributed by atoms with E-state index in [1.165, 1.54) is 0 Å². The summed E-state index contributed by atoms with van der Waals surface area (Å²) in [6.07, 6.45) is 0. The molecular weight excluding hydrogens is 130 g/mol. The van der Waals surface area contributed by atoms with Crippen LogP contribution in [-0.4, -0.2) is 54.6 Å². The number of hydrogen-bond acceptors (Lipinski definition) is 4. The third-order valence-corrected chi connectivity index (χ3v) is 1.53. The summed E-state index contributed by atoms with van der Waals surface area (Å²) >= 11 is 0. The standard InChI is InChI=1S/C6H13N3O/c1-8-3-6(7-10)4-9(2)5-8/h10H,3-5H2,1-2H3. The molecule has 0 unspecified atom stereocenters. The molecule has 58 valence electrons. The van der Waals surface area contributed by atoms with Crippen LogP contribution in [0.25, 0.3) is 0 Å². The van der Waals surface area contributed by atoms with Crippen molar-refractivity contribution in [2.45, 2.75) is 0 Å². The summed E-state index contributed by atoms with van der Waals surface area (Å²) in [5, 5.41) is 11.6. The lowest BCUT2D eigenvalue weighted by Gasteiger charge is -2.30. The molecule has 4 nitrogen and oxygen atoms in total. The molecule has 0 bridgehead atoms. The molecule has 1 fully saturated rings. The molecule has 1 aliphatic rings. The monoisotopic (exact) mass is 143 g/mol. The minimum atomic E-state index is 0.779. The second kappa shape index (κ2) is 2.98. The van der Waals surface area contributed by atoms with Gasteiger partial charge in [0.1, 0.15) is 0 Å². The van der Waals surface area contributed by atoms with Crippen LogP contribution in [0.1, 0.15) is 0 Å². The predicted octanol–water partition coefficient (Wildman–Crippen LogP) is -0.349. The van der Waals surface area contributed by atoms with Crippen LogP contribution in [-0.2, 0) is 0 Å². The first-order chi connectivity index (χ1) is 4.72. The summed E-state index contributed by atoms with van der Waals surface area (Å²) in [5.41, 5.74) is 0.830. The second-order valence-electron chi connectivity index (χ2n) is 2.84. The molecule has 1 heterocycles. The molecule has 1 N–H and O–H groups in total. The van der Waals surface area contributed by atoms with Gasteiger partial charge in [-0.2, -0.15) is 0 Å². The highest BCUT2D eigenvalue weighted by atomic mass is 16.4. The zero-order valence-electron chi connectivity index (χ0n) is 6.41. The van der Waals surface area contributed by atoms with Gasteiger partial charge in [-0.15, -0.1) is 0 Å². The first-order valence-electron chi connectivity index (χ1n) is 3.29. The average Bonchev–Trinajstić information content (AvgIpc) is 1.85. The Bertz CT molecular complexity index is 134. The van der Waals surface area contributed by atoms with Crippen molar-refractivity contribution in [3.63, 3.8) is 0 Å². The number of oxime groups is 1. The minimum Gasteiger partial charge on any atom is -0.411 e. The quantitative estimate of drug-likeness (QED) is 0.372. The van der Waals surface area contributed by atoms with Gasteiger partial charge < -0.3 is 5.21 Å².